The first-order valence-corrected chi connectivity index (χ1v) is 9.30. The van der Waals surface area contributed by atoms with E-state index in [9.17, 15) is 8.42 Å². The predicted molar refractivity (Wildman–Crippen MR) is 89.5 cm³/mol. The van der Waals surface area contributed by atoms with Gasteiger partial charge in [0.25, 0.3) is 0 Å². The molecule has 1 fully saturated rings. The summed E-state index contributed by atoms with van der Waals surface area (Å²) < 4.78 is 31.0. The summed E-state index contributed by atoms with van der Waals surface area (Å²) in [5, 5.41) is 6.98. The van der Waals surface area contributed by atoms with Crippen molar-refractivity contribution in [1.82, 2.24) is 19.4 Å². The Labute approximate surface area is 144 Å². The Balaban J connectivity index is 1.69. The molecule has 0 atom stereocenters. The maximum Gasteiger partial charge on any atom is 0.220 e. The highest BCUT2D eigenvalue weighted by Gasteiger charge is 2.29. The number of halogens is 1. The highest BCUT2D eigenvalue weighted by Crippen LogP contribution is 2.29. The quantitative estimate of drug-likeness (QED) is 0.769. The number of sulfonamides is 1. The molecule has 0 radical (unpaired) electrons. The van der Waals surface area contributed by atoms with E-state index in [4.69, 9.17) is 11.6 Å². The summed E-state index contributed by atoms with van der Waals surface area (Å²) in [7, 11) is -1.68. The van der Waals surface area contributed by atoms with Gasteiger partial charge < -0.3 is 14.7 Å². The third-order valence-electron chi connectivity index (χ3n) is 3.78. The van der Waals surface area contributed by atoms with Crippen LogP contribution in [0.3, 0.4) is 0 Å². The number of hydrogen-bond donors (Lipinski definition) is 1. The van der Waals surface area contributed by atoms with E-state index in [0.29, 0.717) is 48.5 Å². The van der Waals surface area contributed by atoms with Gasteiger partial charge in [0.15, 0.2) is 11.0 Å². The van der Waals surface area contributed by atoms with Crippen molar-refractivity contribution in [2.75, 3.05) is 43.4 Å². The van der Waals surface area contributed by atoms with Crippen molar-refractivity contribution in [2.24, 2.45) is 0 Å². The van der Waals surface area contributed by atoms with E-state index in [0.717, 1.165) is 0 Å². The first-order chi connectivity index (χ1) is 11.5. The van der Waals surface area contributed by atoms with Crippen LogP contribution in [-0.2, 0) is 15.8 Å². The minimum Gasteiger partial charge on any atom is -0.383 e. The van der Waals surface area contributed by atoms with Crippen molar-refractivity contribution in [3.8, 4) is 0 Å². The Hall–Kier alpha value is -1.91. The molecule has 11 heteroatoms. The topological polar surface area (TPSA) is 104 Å². The van der Waals surface area contributed by atoms with Crippen LogP contribution in [0.1, 0.15) is 5.69 Å². The fourth-order valence-electron chi connectivity index (χ4n) is 2.58. The summed E-state index contributed by atoms with van der Waals surface area (Å²) in [4.78, 5) is 10.2. The van der Waals surface area contributed by atoms with Crippen LogP contribution in [0.15, 0.2) is 23.2 Å². The molecular formula is C13H17ClN6O3S. The molecule has 3 heterocycles. The number of aromatic nitrogens is 3. The van der Waals surface area contributed by atoms with Crippen LogP contribution in [0.25, 0.3) is 0 Å². The Bertz CT molecular complexity index is 790. The number of anilines is 2. The lowest BCUT2D eigenvalue weighted by Crippen LogP contribution is -2.49. The first-order valence-electron chi connectivity index (χ1n) is 7.31. The van der Waals surface area contributed by atoms with Crippen molar-refractivity contribution in [2.45, 2.75) is 5.75 Å². The molecule has 1 N–H and O–H groups in total. The van der Waals surface area contributed by atoms with E-state index >= 15 is 0 Å². The maximum absolute atomic E-state index is 12.4. The van der Waals surface area contributed by atoms with Gasteiger partial charge in [-0.25, -0.2) is 18.4 Å². The summed E-state index contributed by atoms with van der Waals surface area (Å²) in [5.41, 5.74) is 1.04. The summed E-state index contributed by atoms with van der Waals surface area (Å²) in [6.45, 7) is 1.76. The highest BCUT2D eigenvalue weighted by molar-refractivity contribution is 7.88. The third kappa shape index (κ3) is 3.45. The van der Waals surface area contributed by atoms with Crippen LogP contribution in [0.2, 0.25) is 5.15 Å². The van der Waals surface area contributed by atoms with Gasteiger partial charge in [0.2, 0.25) is 10.0 Å². The highest BCUT2D eigenvalue weighted by atomic mass is 35.5. The molecule has 130 valence electrons. The minimum absolute atomic E-state index is 0.162. The van der Waals surface area contributed by atoms with Crippen LogP contribution in [0.4, 0.5) is 11.5 Å². The van der Waals surface area contributed by atoms with Crippen molar-refractivity contribution in [3.05, 3.63) is 29.5 Å². The van der Waals surface area contributed by atoms with E-state index in [2.05, 4.69) is 25.0 Å². The molecule has 0 spiro atoms. The zero-order valence-corrected chi connectivity index (χ0v) is 14.6. The number of hydrogen-bond acceptors (Lipinski definition) is 8. The van der Waals surface area contributed by atoms with Crippen molar-refractivity contribution in [1.29, 1.82) is 0 Å². The Morgan fingerprint density at radius 2 is 2.04 bits per heavy atom. The average molecular weight is 373 g/mol. The fraction of sp³-hybridized carbons (Fsp3) is 0.462. The molecule has 9 nitrogen and oxygen atoms in total. The summed E-state index contributed by atoms with van der Waals surface area (Å²) >= 11 is 6.07. The lowest BCUT2D eigenvalue weighted by molar-refractivity contribution is 0.380. The summed E-state index contributed by atoms with van der Waals surface area (Å²) in [6, 6.07) is 1.55. The van der Waals surface area contributed by atoms with Gasteiger partial charge in [-0.2, -0.15) is 4.31 Å². The van der Waals surface area contributed by atoms with Gasteiger partial charge in [-0.05, 0) is 0 Å². The van der Waals surface area contributed by atoms with Crippen molar-refractivity contribution in [3.63, 3.8) is 0 Å². The van der Waals surface area contributed by atoms with Gasteiger partial charge in [-0.15, -0.1) is 0 Å². The van der Waals surface area contributed by atoms with Crippen LogP contribution in [0.5, 0.6) is 0 Å². The van der Waals surface area contributed by atoms with E-state index in [1.54, 1.807) is 13.1 Å². The van der Waals surface area contributed by atoms with E-state index in [1.165, 1.54) is 16.9 Å². The summed E-state index contributed by atoms with van der Waals surface area (Å²) in [6.07, 6.45) is 2.76. The predicted octanol–water partition coefficient (Wildman–Crippen LogP) is 0.812. The van der Waals surface area contributed by atoms with Crippen molar-refractivity contribution >= 4 is 33.1 Å². The number of nitrogens with zero attached hydrogens (tertiary/aromatic N) is 5. The van der Waals surface area contributed by atoms with E-state index < -0.39 is 10.0 Å². The summed E-state index contributed by atoms with van der Waals surface area (Å²) in [5.74, 6) is 0.510. The SMILES string of the molecule is CNc1c(Cl)ncnc1N1CCN(S(=O)(=O)Cc2ccon2)CC1. The van der Waals surface area contributed by atoms with Gasteiger partial charge in [-0.3, -0.25) is 0 Å². The molecule has 0 amide bonds. The first kappa shape index (κ1) is 16.9. The standard InChI is InChI=1S/C13H17ClN6O3S/c1-15-11-12(14)16-9-17-13(11)19-3-5-20(6-4-19)24(21,22)8-10-2-7-23-18-10/h2,7,9,15H,3-6,8H2,1H3. The fourth-order valence-corrected chi connectivity index (χ4v) is 4.23. The van der Waals surface area contributed by atoms with Crippen LogP contribution >= 0.6 is 11.6 Å². The van der Waals surface area contributed by atoms with E-state index in [-0.39, 0.29) is 5.75 Å². The monoisotopic (exact) mass is 372 g/mol. The van der Waals surface area contributed by atoms with Crippen LogP contribution < -0.4 is 10.2 Å². The third-order valence-corrected chi connectivity index (χ3v) is 5.88. The van der Waals surface area contributed by atoms with Gasteiger partial charge in [0.1, 0.15) is 24.0 Å². The molecule has 2 aromatic rings. The largest absolute Gasteiger partial charge is 0.383 e. The molecule has 2 aromatic heterocycles. The smallest absolute Gasteiger partial charge is 0.220 e. The zero-order valence-electron chi connectivity index (χ0n) is 13.0. The van der Waals surface area contributed by atoms with Gasteiger partial charge in [0, 0.05) is 39.3 Å². The Morgan fingerprint density at radius 3 is 2.67 bits per heavy atom. The zero-order chi connectivity index (χ0) is 17.2. The molecule has 0 unspecified atom stereocenters. The normalized spacial score (nSPS) is 16.3. The van der Waals surface area contributed by atoms with Gasteiger partial charge >= 0.3 is 0 Å². The lowest BCUT2D eigenvalue weighted by Gasteiger charge is -2.35. The molecule has 24 heavy (non-hydrogen) atoms. The van der Waals surface area contributed by atoms with Crippen molar-refractivity contribution < 1.29 is 12.9 Å². The molecule has 0 saturated carbocycles. The van der Waals surface area contributed by atoms with Crippen LogP contribution in [0, 0.1) is 0 Å². The molecule has 0 bridgehead atoms. The molecule has 0 aromatic carbocycles. The second-order valence-electron chi connectivity index (χ2n) is 5.25. The molecule has 1 aliphatic rings. The second kappa shape index (κ2) is 6.91. The lowest BCUT2D eigenvalue weighted by atomic mass is 10.3. The Morgan fingerprint density at radius 1 is 1.29 bits per heavy atom. The van der Waals surface area contributed by atoms with Gasteiger partial charge in [0.05, 0.1) is 5.69 Å². The molecule has 0 aliphatic carbocycles. The van der Waals surface area contributed by atoms with E-state index in [1.807, 2.05) is 4.90 Å². The molecule has 1 aliphatic heterocycles. The number of rotatable bonds is 5. The van der Waals surface area contributed by atoms with Crippen LogP contribution in [-0.4, -0.2) is 61.1 Å². The second-order valence-corrected chi connectivity index (χ2v) is 7.57. The minimum atomic E-state index is -3.43. The molecule has 3 rings (SSSR count). The Kier molecular flexibility index (Phi) is 4.88. The molecule has 1 saturated heterocycles. The maximum atomic E-state index is 12.4. The van der Waals surface area contributed by atoms with Gasteiger partial charge in [-0.1, -0.05) is 16.8 Å². The number of piperazine rings is 1. The average Bonchev–Trinajstić information content (AvgIpc) is 3.07. The molecular weight excluding hydrogens is 356 g/mol. The number of nitrogens with one attached hydrogen (secondary N) is 1.